The molecule has 0 aliphatic heterocycles. The second-order valence-electron chi connectivity index (χ2n) is 3.05. The number of aromatic amines is 1. The van der Waals surface area contributed by atoms with Gasteiger partial charge in [-0.3, -0.25) is 14.3 Å². The minimum Gasteiger partial charge on any atom is -0.288 e. The molecule has 78 valence electrons. The van der Waals surface area contributed by atoms with E-state index >= 15 is 0 Å². The third-order valence-electron chi connectivity index (χ3n) is 2.01. The Morgan fingerprint density at radius 1 is 1.43 bits per heavy atom. The highest BCUT2D eigenvalue weighted by Gasteiger charge is 2.09. The molecule has 1 aromatic heterocycles. The molecule has 1 N–H and O–H groups in total. The summed E-state index contributed by atoms with van der Waals surface area (Å²) in [6.45, 7) is 4.37. The van der Waals surface area contributed by atoms with Crippen molar-refractivity contribution in [2.75, 3.05) is 6.26 Å². The van der Waals surface area contributed by atoms with Gasteiger partial charge in [0.25, 0.3) is 5.56 Å². The van der Waals surface area contributed by atoms with Gasteiger partial charge in [0.15, 0.2) is 0 Å². The van der Waals surface area contributed by atoms with Gasteiger partial charge in [0.2, 0.25) is 0 Å². The van der Waals surface area contributed by atoms with Gasteiger partial charge >= 0.3 is 5.69 Å². The molecule has 0 saturated carbocycles. The summed E-state index contributed by atoms with van der Waals surface area (Å²) in [4.78, 5) is 25.1. The van der Waals surface area contributed by atoms with Crippen LogP contribution in [0.25, 0.3) is 0 Å². The van der Waals surface area contributed by atoms with Crippen LogP contribution in [-0.2, 0) is 6.54 Å². The van der Waals surface area contributed by atoms with Crippen molar-refractivity contribution in [3.63, 3.8) is 0 Å². The highest BCUT2D eigenvalue weighted by Crippen LogP contribution is 2.14. The third kappa shape index (κ3) is 1.92. The van der Waals surface area contributed by atoms with Gasteiger partial charge in [-0.25, -0.2) is 4.79 Å². The van der Waals surface area contributed by atoms with E-state index in [9.17, 15) is 9.59 Å². The topological polar surface area (TPSA) is 54.9 Å². The Morgan fingerprint density at radius 2 is 2.07 bits per heavy atom. The van der Waals surface area contributed by atoms with Crippen molar-refractivity contribution < 1.29 is 0 Å². The Kier molecular flexibility index (Phi) is 3.57. The summed E-state index contributed by atoms with van der Waals surface area (Å²) >= 11 is 1.43. The van der Waals surface area contributed by atoms with E-state index in [-0.39, 0.29) is 11.2 Å². The van der Waals surface area contributed by atoms with Gasteiger partial charge in [-0.2, -0.15) is 0 Å². The molecule has 0 saturated heterocycles. The lowest BCUT2D eigenvalue weighted by atomic mass is 10.3. The molecule has 0 aromatic carbocycles. The average Bonchev–Trinajstić information content (AvgIpc) is 2.15. The van der Waals surface area contributed by atoms with Crippen LogP contribution in [0.4, 0.5) is 0 Å². The van der Waals surface area contributed by atoms with Crippen molar-refractivity contribution in [2.45, 2.75) is 31.8 Å². The van der Waals surface area contributed by atoms with E-state index in [1.54, 1.807) is 11.5 Å². The lowest BCUT2D eigenvalue weighted by molar-refractivity contribution is 0.574. The first-order valence-corrected chi connectivity index (χ1v) is 5.72. The zero-order valence-corrected chi connectivity index (χ0v) is 9.40. The zero-order chi connectivity index (χ0) is 10.7. The summed E-state index contributed by atoms with van der Waals surface area (Å²) in [7, 11) is 0. The van der Waals surface area contributed by atoms with E-state index in [4.69, 9.17) is 0 Å². The highest BCUT2D eigenvalue weighted by atomic mass is 32.2. The number of rotatable bonds is 3. The maximum Gasteiger partial charge on any atom is 0.329 e. The highest BCUT2D eigenvalue weighted by molar-refractivity contribution is 7.98. The van der Waals surface area contributed by atoms with Gasteiger partial charge in [0, 0.05) is 12.1 Å². The molecular weight excluding hydrogens is 200 g/mol. The molecule has 1 rings (SSSR count). The molecule has 0 bridgehead atoms. The maximum atomic E-state index is 11.5. The Hall–Kier alpha value is -0.970. The van der Waals surface area contributed by atoms with Gasteiger partial charge in [0.05, 0.1) is 5.03 Å². The molecule has 0 radical (unpaired) electrons. The van der Waals surface area contributed by atoms with Gasteiger partial charge in [0.1, 0.15) is 0 Å². The molecule has 5 heteroatoms. The van der Waals surface area contributed by atoms with E-state index < -0.39 is 0 Å². The van der Waals surface area contributed by atoms with Crippen LogP contribution in [0.15, 0.2) is 14.6 Å². The van der Waals surface area contributed by atoms with E-state index in [0.717, 1.165) is 11.4 Å². The number of nitrogens with zero attached hydrogens (tertiary/aromatic N) is 1. The fraction of sp³-hybridized carbons (Fsp3) is 0.556. The van der Waals surface area contributed by atoms with Crippen molar-refractivity contribution in [2.24, 2.45) is 0 Å². The Balaban J connectivity index is 3.47. The molecule has 1 aromatic rings. The molecule has 0 unspecified atom stereocenters. The van der Waals surface area contributed by atoms with Crippen LogP contribution in [0.2, 0.25) is 0 Å². The molecular formula is C9H14N2O2S. The Labute approximate surface area is 86.4 Å². The fourth-order valence-corrected chi connectivity index (χ4v) is 2.13. The van der Waals surface area contributed by atoms with Gasteiger partial charge in [-0.1, -0.05) is 6.92 Å². The van der Waals surface area contributed by atoms with Crippen LogP contribution in [-0.4, -0.2) is 15.8 Å². The first-order valence-electron chi connectivity index (χ1n) is 4.49. The largest absolute Gasteiger partial charge is 0.329 e. The lowest BCUT2D eigenvalue weighted by Crippen LogP contribution is -2.32. The van der Waals surface area contributed by atoms with Crippen LogP contribution in [0.1, 0.15) is 18.9 Å². The smallest absolute Gasteiger partial charge is 0.288 e. The van der Waals surface area contributed by atoms with Crippen LogP contribution >= 0.6 is 11.8 Å². The maximum absolute atomic E-state index is 11.5. The lowest BCUT2D eigenvalue weighted by Gasteiger charge is -2.10. The summed E-state index contributed by atoms with van der Waals surface area (Å²) in [5, 5.41) is 0.764. The SMILES string of the molecule is CCCn1c(SC)c(C)c(=O)[nH]c1=O. The summed E-state index contributed by atoms with van der Waals surface area (Å²) in [5.74, 6) is 0. The van der Waals surface area contributed by atoms with Crippen molar-refractivity contribution in [3.05, 3.63) is 26.4 Å². The average molecular weight is 214 g/mol. The number of hydrogen-bond acceptors (Lipinski definition) is 3. The quantitative estimate of drug-likeness (QED) is 0.602. The fourth-order valence-electron chi connectivity index (χ4n) is 1.34. The molecule has 0 spiro atoms. The molecule has 0 aliphatic carbocycles. The molecule has 0 atom stereocenters. The van der Waals surface area contributed by atoms with Crippen molar-refractivity contribution in [1.82, 2.24) is 9.55 Å². The number of thioether (sulfide) groups is 1. The van der Waals surface area contributed by atoms with E-state index in [1.165, 1.54) is 11.8 Å². The first-order chi connectivity index (χ1) is 6.61. The zero-order valence-electron chi connectivity index (χ0n) is 8.59. The molecule has 0 aliphatic rings. The Morgan fingerprint density at radius 3 is 2.57 bits per heavy atom. The van der Waals surface area contributed by atoms with Crippen LogP contribution in [0.3, 0.4) is 0 Å². The van der Waals surface area contributed by atoms with Gasteiger partial charge in [-0.15, -0.1) is 11.8 Å². The molecule has 0 fully saturated rings. The monoisotopic (exact) mass is 214 g/mol. The van der Waals surface area contributed by atoms with Crippen LogP contribution in [0.5, 0.6) is 0 Å². The summed E-state index contributed by atoms with van der Waals surface area (Å²) in [5.41, 5.74) is 0.0176. The summed E-state index contributed by atoms with van der Waals surface area (Å²) in [6, 6.07) is 0. The second-order valence-corrected chi connectivity index (χ2v) is 3.84. The Bertz CT molecular complexity index is 433. The van der Waals surface area contributed by atoms with Crippen LogP contribution in [0, 0.1) is 6.92 Å². The van der Waals surface area contributed by atoms with Gasteiger partial charge < -0.3 is 0 Å². The summed E-state index contributed by atoms with van der Waals surface area (Å²) in [6.07, 6.45) is 2.74. The van der Waals surface area contributed by atoms with Crippen molar-refractivity contribution in [1.29, 1.82) is 0 Å². The van der Waals surface area contributed by atoms with Crippen LogP contribution < -0.4 is 11.2 Å². The number of H-pyrrole nitrogens is 1. The normalized spacial score (nSPS) is 10.5. The van der Waals surface area contributed by atoms with E-state index in [2.05, 4.69) is 4.98 Å². The number of hydrogen-bond donors (Lipinski definition) is 1. The summed E-state index contributed by atoms with van der Waals surface area (Å²) < 4.78 is 1.61. The molecule has 4 nitrogen and oxygen atoms in total. The second kappa shape index (κ2) is 4.50. The van der Waals surface area contributed by atoms with Gasteiger partial charge in [-0.05, 0) is 19.6 Å². The third-order valence-corrected chi connectivity index (χ3v) is 2.93. The molecule has 1 heterocycles. The first kappa shape index (κ1) is 11.1. The molecule has 0 amide bonds. The van der Waals surface area contributed by atoms with E-state index in [1.807, 2.05) is 13.2 Å². The predicted octanol–water partition coefficient (Wildman–Crippen LogP) is 0.977. The predicted molar refractivity (Wildman–Crippen MR) is 58.1 cm³/mol. The minimum absolute atomic E-state index is 0.285. The van der Waals surface area contributed by atoms with Crippen molar-refractivity contribution >= 4 is 11.8 Å². The molecule has 14 heavy (non-hydrogen) atoms. The number of aromatic nitrogens is 2. The van der Waals surface area contributed by atoms with E-state index in [0.29, 0.717) is 12.1 Å². The minimum atomic E-state index is -0.313. The van der Waals surface area contributed by atoms with Crippen molar-refractivity contribution in [3.8, 4) is 0 Å². The number of nitrogens with one attached hydrogen (secondary N) is 1. The standard InChI is InChI=1S/C9H14N2O2S/c1-4-5-11-8(14-3)6(2)7(12)10-9(11)13/h4-5H2,1-3H3,(H,10,12,13).